The number of nitrogens with zero attached hydrogens (tertiary/aromatic N) is 1. The second-order valence-corrected chi connectivity index (χ2v) is 4.67. The van der Waals surface area contributed by atoms with E-state index >= 15 is 0 Å². The minimum absolute atomic E-state index is 0.290. The summed E-state index contributed by atoms with van der Waals surface area (Å²) in [6, 6.07) is 1.03. The number of hydrogen-bond donors (Lipinski definition) is 1. The van der Waals surface area contributed by atoms with E-state index in [4.69, 9.17) is 5.11 Å². The molecule has 0 radical (unpaired) electrons. The van der Waals surface area contributed by atoms with Crippen molar-refractivity contribution in [1.29, 1.82) is 0 Å². The second-order valence-electron chi connectivity index (χ2n) is 4.67. The van der Waals surface area contributed by atoms with E-state index in [2.05, 4.69) is 25.7 Å². The molecule has 3 atom stereocenters. The van der Waals surface area contributed by atoms with E-state index in [0.717, 1.165) is 18.9 Å². The standard InChI is InChI=1S/C11H21NO2/c1-8-6-10(3)12(7-8)9(2)4-5-11(13)14/h8-10H,4-7H2,1-3H3,(H,13,14). The summed E-state index contributed by atoms with van der Waals surface area (Å²) in [5, 5.41) is 8.60. The van der Waals surface area contributed by atoms with Crippen LogP contribution < -0.4 is 0 Å². The molecule has 0 aromatic heterocycles. The van der Waals surface area contributed by atoms with E-state index in [-0.39, 0.29) is 0 Å². The largest absolute Gasteiger partial charge is 0.481 e. The first-order valence-electron chi connectivity index (χ1n) is 5.48. The van der Waals surface area contributed by atoms with Crippen molar-refractivity contribution in [3.63, 3.8) is 0 Å². The number of aliphatic carboxylic acids is 1. The molecule has 1 N–H and O–H groups in total. The van der Waals surface area contributed by atoms with Crippen LogP contribution in [0.5, 0.6) is 0 Å². The highest BCUT2D eigenvalue weighted by atomic mass is 16.4. The Hall–Kier alpha value is -0.570. The van der Waals surface area contributed by atoms with E-state index in [1.54, 1.807) is 0 Å². The van der Waals surface area contributed by atoms with Gasteiger partial charge in [-0.25, -0.2) is 0 Å². The summed E-state index contributed by atoms with van der Waals surface area (Å²) in [6.07, 6.45) is 2.31. The maximum Gasteiger partial charge on any atom is 0.303 e. The Morgan fingerprint density at radius 1 is 1.57 bits per heavy atom. The van der Waals surface area contributed by atoms with E-state index < -0.39 is 5.97 Å². The van der Waals surface area contributed by atoms with E-state index in [1.807, 2.05) is 0 Å². The molecule has 3 heteroatoms. The normalized spacial score (nSPS) is 30.5. The van der Waals surface area contributed by atoms with Crippen LogP contribution in [-0.4, -0.2) is 34.6 Å². The molecule has 0 amide bonds. The van der Waals surface area contributed by atoms with Crippen molar-refractivity contribution in [2.24, 2.45) is 5.92 Å². The quantitative estimate of drug-likeness (QED) is 0.752. The molecule has 1 aliphatic heterocycles. The lowest BCUT2D eigenvalue weighted by atomic mass is 10.1. The minimum Gasteiger partial charge on any atom is -0.481 e. The minimum atomic E-state index is -0.684. The fourth-order valence-corrected chi connectivity index (χ4v) is 2.44. The summed E-state index contributed by atoms with van der Waals surface area (Å²) < 4.78 is 0. The molecular formula is C11H21NO2. The number of hydrogen-bond acceptors (Lipinski definition) is 2. The molecule has 1 fully saturated rings. The Kier molecular flexibility index (Phi) is 3.93. The van der Waals surface area contributed by atoms with Crippen LogP contribution in [0.4, 0.5) is 0 Å². The topological polar surface area (TPSA) is 40.5 Å². The van der Waals surface area contributed by atoms with E-state index in [0.29, 0.717) is 18.5 Å². The number of carboxylic acid groups (broad SMARTS) is 1. The van der Waals surface area contributed by atoms with Crippen LogP contribution in [0.25, 0.3) is 0 Å². The van der Waals surface area contributed by atoms with Crippen molar-refractivity contribution in [3.05, 3.63) is 0 Å². The number of carboxylic acids is 1. The van der Waals surface area contributed by atoms with Crippen LogP contribution in [0, 0.1) is 5.92 Å². The number of carbonyl (C=O) groups is 1. The van der Waals surface area contributed by atoms with Gasteiger partial charge in [-0.2, -0.15) is 0 Å². The third-order valence-corrected chi connectivity index (χ3v) is 3.17. The monoisotopic (exact) mass is 199 g/mol. The van der Waals surface area contributed by atoms with Crippen molar-refractivity contribution >= 4 is 5.97 Å². The third-order valence-electron chi connectivity index (χ3n) is 3.17. The molecule has 14 heavy (non-hydrogen) atoms. The first-order chi connectivity index (χ1) is 6.50. The Morgan fingerprint density at radius 3 is 2.64 bits per heavy atom. The molecule has 0 bridgehead atoms. The molecule has 82 valence electrons. The van der Waals surface area contributed by atoms with Crippen LogP contribution in [0.15, 0.2) is 0 Å². The van der Waals surface area contributed by atoms with E-state index in [1.165, 1.54) is 6.42 Å². The van der Waals surface area contributed by atoms with Gasteiger partial charge in [-0.3, -0.25) is 9.69 Å². The zero-order valence-electron chi connectivity index (χ0n) is 9.36. The molecule has 3 nitrogen and oxygen atoms in total. The van der Waals surface area contributed by atoms with Gasteiger partial charge in [0.25, 0.3) is 0 Å². The molecule has 1 aliphatic rings. The van der Waals surface area contributed by atoms with Gasteiger partial charge in [0.1, 0.15) is 0 Å². The zero-order chi connectivity index (χ0) is 10.7. The van der Waals surface area contributed by atoms with E-state index in [9.17, 15) is 4.79 Å². The van der Waals surface area contributed by atoms with Crippen LogP contribution in [0.2, 0.25) is 0 Å². The van der Waals surface area contributed by atoms with Gasteiger partial charge in [-0.15, -0.1) is 0 Å². The second kappa shape index (κ2) is 4.78. The van der Waals surface area contributed by atoms with Gasteiger partial charge in [0.2, 0.25) is 0 Å². The fourth-order valence-electron chi connectivity index (χ4n) is 2.44. The van der Waals surface area contributed by atoms with Gasteiger partial charge in [0.05, 0.1) is 0 Å². The molecule has 1 rings (SSSR count). The molecular weight excluding hydrogens is 178 g/mol. The van der Waals surface area contributed by atoms with Gasteiger partial charge in [-0.05, 0) is 32.6 Å². The lowest BCUT2D eigenvalue weighted by Crippen LogP contribution is -2.36. The highest BCUT2D eigenvalue weighted by Gasteiger charge is 2.29. The number of rotatable bonds is 4. The Bertz CT molecular complexity index is 205. The van der Waals surface area contributed by atoms with Crippen molar-refractivity contribution in [3.8, 4) is 0 Å². The van der Waals surface area contributed by atoms with Crippen molar-refractivity contribution in [2.45, 2.75) is 52.1 Å². The highest BCUT2D eigenvalue weighted by Crippen LogP contribution is 2.25. The van der Waals surface area contributed by atoms with Crippen LogP contribution in [0.1, 0.15) is 40.0 Å². The summed E-state index contributed by atoms with van der Waals surface area (Å²) in [5.41, 5.74) is 0. The van der Waals surface area contributed by atoms with Crippen LogP contribution in [0.3, 0.4) is 0 Å². The zero-order valence-corrected chi connectivity index (χ0v) is 9.36. The first-order valence-corrected chi connectivity index (χ1v) is 5.48. The molecule has 0 aromatic carbocycles. The smallest absolute Gasteiger partial charge is 0.303 e. The van der Waals surface area contributed by atoms with Crippen molar-refractivity contribution < 1.29 is 9.90 Å². The molecule has 0 aromatic rings. The fraction of sp³-hybridized carbons (Fsp3) is 0.909. The Balaban J connectivity index is 2.36. The van der Waals surface area contributed by atoms with Crippen LogP contribution in [-0.2, 0) is 4.79 Å². The summed E-state index contributed by atoms with van der Waals surface area (Å²) in [7, 11) is 0. The lowest BCUT2D eigenvalue weighted by Gasteiger charge is -2.28. The lowest BCUT2D eigenvalue weighted by molar-refractivity contribution is -0.137. The first kappa shape index (κ1) is 11.5. The van der Waals surface area contributed by atoms with Crippen molar-refractivity contribution in [1.82, 2.24) is 4.90 Å². The SMILES string of the molecule is CC1CC(C)N(C(C)CCC(=O)O)C1. The summed E-state index contributed by atoms with van der Waals surface area (Å²) >= 11 is 0. The molecule has 1 saturated heterocycles. The maximum atomic E-state index is 10.4. The molecule has 3 unspecified atom stereocenters. The summed E-state index contributed by atoms with van der Waals surface area (Å²) in [6.45, 7) is 7.76. The predicted octanol–water partition coefficient (Wildman–Crippen LogP) is 1.97. The average molecular weight is 199 g/mol. The maximum absolute atomic E-state index is 10.4. The van der Waals surface area contributed by atoms with Gasteiger partial charge in [0, 0.05) is 25.0 Å². The van der Waals surface area contributed by atoms with Gasteiger partial charge in [0.15, 0.2) is 0 Å². The highest BCUT2D eigenvalue weighted by molar-refractivity contribution is 5.66. The summed E-state index contributed by atoms with van der Waals surface area (Å²) in [4.78, 5) is 12.9. The summed E-state index contributed by atoms with van der Waals surface area (Å²) in [5.74, 6) is 0.0778. The Morgan fingerprint density at radius 2 is 2.21 bits per heavy atom. The third kappa shape index (κ3) is 2.98. The Labute approximate surface area is 86.1 Å². The van der Waals surface area contributed by atoms with Gasteiger partial charge >= 0.3 is 5.97 Å². The molecule has 0 saturated carbocycles. The van der Waals surface area contributed by atoms with Crippen molar-refractivity contribution in [2.75, 3.05) is 6.54 Å². The molecule has 1 heterocycles. The average Bonchev–Trinajstić information content (AvgIpc) is 2.41. The predicted molar refractivity (Wildman–Crippen MR) is 56.3 cm³/mol. The molecule has 0 aliphatic carbocycles. The van der Waals surface area contributed by atoms with Gasteiger partial charge < -0.3 is 5.11 Å². The van der Waals surface area contributed by atoms with Crippen LogP contribution >= 0.6 is 0 Å². The number of likely N-dealkylation sites (tertiary alicyclic amines) is 1. The van der Waals surface area contributed by atoms with Gasteiger partial charge in [-0.1, -0.05) is 6.92 Å². The molecule has 0 spiro atoms.